The largest absolute Gasteiger partial charge is 0.338 e. The highest BCUT2D eigenvalue weighted by Gasteiger charge is 2.25. The number of amides is 1. The van der Waals surface area contributed by atoms with Crippen molar-refractivity contribution in [2.45, 2.75) is 40.0 Å². The van der Waals surface area contributed by atoms with E-state index in [1.807, 2.05) is 33.8 Å². The van der Waals surface area contributed by atoms with E-state index in [1.165, 1.54) is 0 Å². The summed E-state index contributed by atoms with van der Waals surface area (Å²) in [6.45, 7) is 10.6. The van der Waals surface area contributed by atoms with E-state index in [9.17, 15) is 4.79 Å². The van der Waals surface area contributed by atoms with Crippen LogP contribution in [0.25, 0.3) is 11.5 Å². The quantitative estimate of drug-likeness (QED) is 0.829. The van der Waals surface area contributed by atoms with Crippen LogP contribution in [0.15, 0.2) is 28.8 Å². The van der Waals surface area contributed by atoms with Crippen LogP contribution in [0.5, 0.6) is 0 Å². The molecule has 0 saturated carbocycles. The van der Waals surface area contributed by atoms with Crippen LogP contribution in [0.1, 0.15) is 50.8 Å². The van der Waals surface area contributed by atoms with E-state index < -0.39 is 0 Å². The molecule has 6 nitrogen and oxygen atoms in total. The molecule has 0 saturated heterocycles. The molecular formula is C19H24N4O2. The normalized spacial score (nSPS) is 12.5. The Kier molecular flexibility index (Phi) is 5.58. The molecule has 1 aromatic heterocycles. The molecule has 0 aliphatic carbocycles. The number of hydrogen-bond donors (Lipinski definition) is 0. The molecule has 1 amide bonds. The third-order valence-electron chi connectivity index (χ3n) is 3.87. The number of nitrogens with zero attached hydrogens (tertiary/aromatic N) is 4. The van der Waals surface area contributed by atoms with E-state index in [1.54, 1.807) is 30.0 Å². The monoisotopic (exact) mass is 340 g/mol. The minimum Gasteiger partial charge on any atom is -0.338 e. The lowest BCUT2D eigenvalue weighted by molar-refractivity contribution is 0.0753. The molecule has 6 heteroatoms. The molecule has 2 rings (SSSR count). The van der Waals surface area contributed by atoms with Crippen molar-refractivity contribution in [2.24, 2.45) is 5.92 Å². The summed E-state index contributed by atoms with van der Waals surface area (Å²) in [7, 11) is 0. The Morgan fingerprint density at radius 1 is 1.36 bits per heavy atom. The molecule has 25 heavy (non-hydrogen) atoms. The average molecular weight is 340 g/mol. The highest BCUT2D eigenvalue weighted by Crippen LogP contribution is 2.27. The van der Waals surface area contributed by atoms with Gasteiger partial charge in [0.25, 0.3) is 11.8 Å². The Morgan fingerprint density at radius 2 is 2.04 bits per heavy atom. The summed E-state index contributed by atoms with van der Waals surface area (Å²) in [5, 5.41) is 13.1. The van der Waals surface area contributed by atoms with E-state index in [-0.39, 0.29) is 17.2 Å². The number of hydrogen-bond acceptors (Lipinski definition) is 5. The SMILES string of the molecule is CCN(C[C@H](C)C#N)C(=O)c1ccccc1-c1nc(C(C)(C)C)no1. The van der Waals surface area contributed by atoms with Crippen molar-refractivity contribution in [1.29, 1.82) is 5.26 Å². The first kappa shape index (κ1) is 18.7. The zero-order valence-corrected chi connectivity index (χ0v) is 15.4. The maximum atomic E-state index is 13.0. The van der Waals surface area contributed by atoms with Crippen LogP contribution in [-0.2, 0) is 5.41 Å². The zero-order valence-electron chi connectivity index (χ0n) is 15.4. The van der Waals surface area contributed by atoms with Gasteiger partial charge in [-0.25, -0.2) is 0 Å². The Balaban J connectivity index is 2.39. The molecular weight excluding hydrogens is 316 g/mol. The van der Waals surface area contributed by atoms with Crippen molar-refractivity contribution >= 4 is 5.91 Å². The number of benzene rings is 1. The number of carbonyl (C=O) groups excluding carboxylic acids is 1. The van der Waals surface area contributed by atoms with E-state index in [4.69, 9.17) is 9.78 Å². The van der Waals surface area contributed by atoms with Crippen LogP contribution < -0.4 is 0 Å². The van der Waals surface area contributed by atoms with Gasteiger partial charge in [0.2, 0.25) is 0 Å². The van der Waals surface area contributed by atoms with Gasteiger partial charge < -0.3 is 9.42 Å². The predicted octanol–water partition coefficient (Wildman–Crippen LogP) is 3.66. The number of carbonyl (C=O) groups is 1. The van der Waals surface area contributed by atoms with Crippen molar-refractivity contribution in [3.63, 3.8) is 0 Å². The second kappa shape index (κ2) is 7.47. The summed E-state index contributed by atoms with van der Waals surface area (Å²) in [5.74, 6) is 0.552. The number of rotatable bonds is 5. The summed E-state index contributed by atoms with van der Waals surface area (Å²) < 4.78 is 5.40. The molecule has 0 aliphatic rings. The van der Waals surface area contributed by atoms with Crippen LogP contribution in [0.4, 0.5) is 0 Å². The van der Waals surface area contributed by atoms with Crippen LogP contribution in [0.2, 0.25) is 0 Å². The average Bonchev–Trinajstić information content (AvgIpc) is 3.09. The zero-order chi connectivity index (χ0) is 18.6. The minimum atomic E-state index is -0.238. The Bertz CT molecular complexity index is 783. The summed E-state index contributed by atoms with van der Waals surface area (Å²) >= 11 is 0. The van der Waals surface area contributed by atoms with Crippen LogP contribution >= 0.6 is 0 Å². The lowest BCUT2D eigenvalue weighted by atomic mass is 9.96. The van der Waals surface area contributed by atoms with Crippen molar-refractivity contribution in [3.8, 4) is 17.5 Å². The van der Waals surface area contributed by atoms with Gasteiger partial charge in [-0.3, -0.25) is 4.79 Å². The lowest BCUT2D eigenvalue weighted by Crippen LogP contribution is -2.34. The van der Waals surface area contributed by atoms with E-state index in [0.717, 1.165) is 0 Å². The third-order valence-corrected chi connectivity index (χ3v) is 3.87. The van der Waals surface area contributed by atoms with Gasteiger partial charge in [-0.2, -0.15) is 10.2 Å². The molecule has 0 fully saturated rings. The molecule has 2 aromatic rings. The van der Waals surface area contributed by atoms with E-state index >= 15 is 0 Å². The van der Waals surface area contributed by atoms with E-state index in [0.29, 0.717) is 35.9 Å². The van der Waals surface area contributed by atoms with Gasteiger partial charge in [-0.05, 0) is 26.0 Å². The van der Waals surface area contributed by atoms with Crippen molar-refractivity contribution in [1.82, 2.24) is 15.0 Å². The number of nitriles is 1. The molecule has 0 spiro atoms. The molecule has 1 aromatic carbocycles. The second-order valence-electron chi connectivity index (χ2n) is 7.09. The molecule has 0 N–H and O–H groups in total. The molecule has 132 valence electrons. The Hall–Kier alpha value is -2.68. The molecule has 0 radical (unpaired) electrons. The lowest BCUT2D eigenvalue weighted by Gasteiger charge is -2.22. The maximum absolute atomic E-state index is 13.0. The highest BCUT2D eigenvalue weighted by atomic mass is 16.5. The Morgan fingerprint density at radius 3 is 2.60 bits per heavy atom. The summed E-state index contributed by atoms with van der Waals surface area (Å²) in [6, 6.07) is 9.36. The van der Waals surface area contributed by atoms with Gasteiger partial charge in [0.1, 0.15) is 0 Å². The Labute approximate surface area is 148 Å². The highest BCUT2D eigenvalue weighted by molar-refractivity contribution is 6.00. The minimum absolute atomic E-state index is 0.143. The third kappa shape index (κ3) is 4.24. The first-order chi connectivity index (χ1) is 11.8. The first-order valence-corrected chi connectivity index (χ1v) is 8.40. The van der Waals surface area contributed by atoms with Crippen molar-refractivity contribution < 1.29 is 9.32 Å². The second-order valence-corrected chi connectivity index (χ2v) is 7.09. The maximum Gasteiger partial charge on any atom is 0.258 e. The van der Waals surface area contributed by atoms with Gasteiger partial charge >= 0.3 is 0 Å². The fourth-order valence-corrected chi connectivity index (χ4v) is 2.39. The molecule has 0 unspecified atom stereocenters. The van der Waals surface area contributed by atoms with Gasteiger partial charge in [-0.15, -0.1) is 0 Å². The van der Waals surface area contributed by atoms with Gasteiger partial charge in [0, 0.05) is 18.5 Å². The first-order valence-electron chi connectivity index (χ1n) is 8.40. The summed E-state index contributed by atoms with van der Waals surface area (Å²) in [6.07, 6.45) is 0. The molecule has 1 atom stereocenters. The summed E-state index contributed by atoms with van der Waals surface area (Å²) in [4.78, 5) is 19.1. The van der Waals surface area contributed by atoms with Crippen molar-refractivity contribution in [3.05, 3.63) is 35.7 Å². The fourth-order valence-electron chi connectivity index (χ4n) is 2.39. The number of aromatic nitrogens is 2. The van der Waals surface area contributed by atoms with Crippen molar-refractivity contribution in [2.75, 3.05) is 13.1 Å². The van der Waals surface area contributed by atoms with Crippen LogP contribution in [-0.4, -0.2) is 34.0 Å². The fraction of sp³-hybridized carbons (Fsp3) is 0.474. The van der Waals surface area contributed by atoms with Gasteiger partial charge in [0.05, 0.1) is 23.1 Å². The van der Waals surface area contributed by atoms with E-state index in [2.05, 4.69) is 16.2 Å². The summed E-state index contributed by atoms with van der Waals surface area (Å²) in [5.41, 5.74) is 0.871. The predicted molar refractivity (Wildman–Crippen MR) is 94.8 cm³/mol. The van der Waals surface area contributed by atoms with Crippen LogP contribution in [0.3, 0.4) is 0 Å². The molecule has 1 heterocycles. The topological polar surface area (TPSA) is 83.0 Å². The smallest absolute Gasteiger partial charge is 0.258 e. The molecule has 0 aliphatic heterocycles. The van der Waals surface area contributed by atoms with Gasteiger partial charge in [0.15, 0.2) is 5.82 Å². The van der Waals surface area contributed by atoms with Gasteiger partial charge in [-0.1, -0.05) is 38.1 Å². The van der Waals surface area contributed by atoms with Crippen LogP contribution in [0, 0.1) is 17.2 Å². The standard InChI is InChI=1S/C19H24N4O2/c1-6-23(12-13(2)11-20)17(24)15-10-8-7-9-14(15)16-21-18(22-25-16)19(3,4)5/h7-10,13H,6,12H2,1-5H3/t13-/m1/s1. The molecule has 0 bridgehead atoms.